The molecule has 0 saturated carbocycles. The fourth-order valence-electron chi connectivity index (χ4n) is 4.03. The molecule has 0 radical (unpaired) electrons. The van der Waals surface area contributed by atoms with Gasteiger partial charge < -0.3 is 10.6 Å². The fourth-order valence-corrected chi connectivity index (χ4v) is 4.03. The molecule has 1 atom stereocenters. The SMILES string of the molecule is Cc1ncc2c(Nc3cc(C(=O)NCCN4CCCC[C@H]4C)cnc3C)nn(C)c2n1. The highest BCUT2D eigenvalue weighted by Gasteiger charge is 2.18. The first-order valence-corrected chi connectivity index (χ1v) is 10.8. The van der Waals surface area contributed by atoms with E-state index in [2.05, 4.69) is 42.5 Å². The van der Waals surface area contributed by atoms with Gasteiger partial charge in [0, 0.05) is 38.6 Å². The van der Waals surface area contributed by atoms with Crippen LogP contribution in [0.15, 0.2) is 18.5 Å². The van der Waals surface area contributed by atoms with Gasteiger partial charge in [-0.25, -0.2) is 14.6 Å². The molecule has 1 aliphatic heterocycles. The van der Waals surface area contributed by atoms with Gasteiger partial charge in [-0.15, -0.1) is 0 Å². The lowest BCUT2D eigenvalue weighted by molar-refractivity contribution is 0.0938. The van der Waals surface area contributed by atoms with Crippen molar-refractivity contribution in [2.24, 2.45) is 7.05 Å². The number of aromatic nitrogens is 5. The summed E-state index contributed by atoms with van der Waals surface area (Å²) in [5.74, 6) is 1.21. The number of fused-ring (bicyclic) bond motifs is 1. The van der Waals surface area contributed by atoms with Crippen LogP contribution >= 0.6 is 0 Å². The van der Waals surface area contributed by atoms with Crippen molar-refractivity contribution in [1.29, 1.82) is 0 Å². The molecule has 0 unspecified atom stereocenters. The van der Waals surface area contributed by atoms with Gasteiger partial charge in [0.25, 0.3) is 5.91 Å². The summed E-state index contributed by atoms with van der Waals surface area (Å²) in [5, 5.41) is 11.7. The lowest BCUT2D eigenvalue weighted by Crippen LogP contribution is -2.42. The molecular weight excluding hydrogens is 392 g/mol. The summed E-state index contributed by atoms with van der Waals surface area (Å²) < 4.78 is 1.72. The van der Waals surface area contributed by atoms with Crippen molar-refractivity contribution in [3.63, 3.8) is 0 Å². The van der Waals surface area contributed by atoms with E-state index >= 15 is 0 Å². The minimum Gasteiger partial charge on any atom is -0.351 e. The summed E-state index contributed by atoms with van der Waals surface area (Å²) in [6.07, 6.45) is 7.14. The Morgan fingerprint density at radius 1 is 1.23 bits per heavy atom. The van der Waals surface area contributed by atoms with Gasteiger partial charge in [-0.2, -0.15) is 5.10 Å². The molecule has 0 spiro atoms. The molecule has 1 aliphatic rings. The average Bonchev–Trinajstić information content (AvgIpc) is 3.05. The Labute approximate surface area is 182 Å². The number of rotatable bonds is 6. The fraction of sp³-hybridized carbons (Fsp3) is 0.500. The highest BCUT2D eigenvalue weighted by molar-refractivity contribution is 5.95. The number of hydrogen-bond acceptors (Lipinski definition) is 7. The Kier molecular flexibility index (Phi) is 6.13. The van der Waals surface area contributed by atoms with E-state index in [1.165, 1.54) is 19.3 Å². The van der Waals surface area contributed by atoms with Crippen molar-refractivity contribution in [2.45, 2.75) is 46.1 Å². The molecule has 9 heteroatoms. The molecule has 4 rings (SSSR count). The number of hydrogen-bond donors (Lipinski definition) is 2. The zero-order chi connectivity index (χ0) is 22.0. The van der Waals surface area contributed by atoms with Gasteiger partial charge >= 0.3 is 0 Å². The third-order valence-electron chi connectivity index (χ3n) is 5.93. The number of carbonyl (C=O) groups is 1. The van der Waals surface area contributed by atoms with Gasteiger partial charge in [-0.1, -0.05) is 6.42 Å². The number of aryl methyl sites for hydroxylation is 3. The second kappa shape index (κ2) is 8.97. The van der Waals surface area contributed by atoms with Gasteiger partial charge in [0.2, 0.25) is 0 Å². The van der Waals surface area contributed by atoms with E-state index in [-0.39, 0.29) is 5.91 Å². The normalized spacial score (nSPS) is 17.1. The summed E-state index contributed by atoms with van der Waals surface area (Å²) in [4.78, 5) is 28.3. The molecule has 1 saturated heterocycles. The van der Waals surface area contributed by atoms with E-state index in [9.17, 15) is 4.79 Å². The molecule has 0 bridgehead atoms. The minimum atomic E-state index is -0.120. The Morgan fingerprint density at radius 2 is 2.06 bits per heavy atom. The van der Waals surface area contributed by atoms with E-state index in [4.69, 9.17) is 0 Å². The van der Waals surface area contributed by atoms with Crippen LogP contribution in [0.1, 0.15) is 48.1 Å². The predicted molar refractivity (Wildman–Crippen MR) is 121 cm³/mol. The van der Waals surface area contributed by atoms with E-state index in [1.807, 2.05) is 27.0 Å². The Morgan fingerprint density at radius 3 is 2.87 bits per heavy atom. The van der Waals surface area contributed by atoms with E-state index in [1.54, 1.807) is 17.1 Å². The van der Waals surface area contributed by atoms with Crippen molar-refractivity contribution in [2.75, 3.05) is 25.0 Å². The number of amides is 1. The molecule has 31 heavy (non-hydrogen) atoms. The molecule has 3 aromatic rings. The maximum atomic E-state index is 12.7. The lowest BCUT2D eigenvalue weighted by atomic mass is 10.0. The van der Waals surface area contributed by atoms with Crippen molar-refractivity contribution < 1.29 is 4.79 Å². The number of nitrogens with zero attached hydrogens (tertiary/aromatic N) is 6. The lowest BCUT2D eigenvalue weighted by Gasteiger charge is -2.33. The van der Waals surface area contributed by atoms with Gasteiger partial charge in [0.05, 0.1) is 22.3 Å². The van der Waals surface area contributed by atoms with Gasteiger partial charge in [0.1, 0.15) is 5.82 Å². The molecule has 0 aromatic carbocycles. The van der Waals surface area contributed by atoms with Crippen molar-refractivity contribution >= 4 is 28.4 Å². The van der Waals surface area contributed by atoms with Crippen LogP contribution in [0, 0.1) is 13.8 Å². The van der Waals surface area contributed by atoms with Crippen molar-refractivity contribution in [3.05, 3.63) is 35.5 Å². The summed E-state index contributed by atoms with van der Waals surface area (Å²) in [6.45, 7) is 8.61. The van der Waals surface area contributed by atoms with Crippen LogP contribution < -0.4 is 10.6 Å². The third kappa shape index (κ3) is 4.66. The number of piperidine rings is 1. The highest BCUT2D eigenvalue weighted by Crippen LogP contribution is 2.25. The maximum absolute atomic E-state index is 12.7. The monoisotopic (exact) mass is 422 g/mol. The van der Waals surface area contributed by atoms with E-state index in [0.717, 1.165) is 35.5 Å². The molecule has 1 amide bonds. The molecule has 4 heterocycles. The summed E-state index contributed by atoms with van der Waals surface area (Å²) in [6, 6.07) is 2.40. The Hall–Kier alpha value is -3.07. The first-order chi connectivity index (χ1) is 14.9. The minimum absolute atomic E-state index is 0.120. The molecule has 164 valence electrons. The largest absolute Gasteiger partial charge is 0.351 e. The molecule has 0 aliphatic carbocycles. The Bertz CT molecular complexity index is 1090. The van der Waals surface area contributed by atoms with Crippen LogP contribution in [0.3, 0.4) is 0 Å². The first kappa shape index (κ1) is 21.2. The second-order valence-electron chi connectivity index (χ2n) is 8.25. The summed E-state index contributed by atoms with van der Waals surface area (Å²) >= 11 is 0. The average molecular weight is 423 g/mol. The van der Waals surface area contributed by atoms with Gasteiger partial charge in [-0.3, -0.25) is 14.7 Å². The predicted octanol–water partition coefficient (Wildman–Crippen LogP) is 2.72. The number of nitrogens with one attached hydrogen (secondary N) is 2. The number of likely N-dealkylation sites (tertiary alicyclic amines) is 1. The summed E-state index contributed by atoms with van der Waals surface area (Å²) in [7, 11) is 1.85. The molecule has 1 fully saturated rings. The van der Waals surface area contributed by atoms with Crippen molar-refractivity contribution in [3.8, 4) is 0 Å². The third-order valence-corrected chi connectivity index (χ3v) is 5.93. The number of pyridine rings is 1. The number of anilines is 2. The van der Waals surface area contributed by atoms with Gasteiger partial charge in [0.15, 0.2) is 11.5 Å². The van der Waals surface area contributed by atoms with E-state index in [0.29, 0.717) is 29.8 Å². The van der Waals surface area contributed by atoms with E-state index < -0.39 is 0 Å². The van der Waals surface area contributed by atoms with Crippen LogP contribution in [0.4, 0.5) is 11.5 Å². The zero-order valence-corrected chi connectivity index (χ0v) is 18.6. The second-order valence-corrected chi connectivity index (χ2v) is 8.25. The zero-order valence-electron chi connectivity index (χ0n) is 18.6. The van der Waals surface area contributed by atoms with Crippen LogP contribution in [0.2, 0.25) is 0 Å². The maximum Gasteiger partial charge on any atom is 0.252 e. The number of carbonyl (C=O) groups excluding carboxylic acids is 1. The summed E-state index contributed by atoms with van der Waals surface area (Å²) in [5.41, 5.74) is 2.79. The van der Waals surface area contributed by atoms with Gasteiger partial charge in [-0.05, 0) is 46.2 Å². The van der Waals surface area contributed by atoms with Crippen LogP contribution in [-0.2, 0) is 7.05 Å². The Balaban J connectivity index is 1.45. The smallest absolute Gasteiger partial charge is 0.252 e. The van der Waals surface area contributed by atoms with Crippen molar-refractivity contribution in [1.82, 2.24) is 34.9 Å². The first-order valence-electron chi connectivity index (χ1n) is 10.8. The quantitative estimate of drug-likeness (QED) is 0.630. The molecular formula is C22H30N8O. The molecule has 3 aromatic heterocycles. The molecule has 9 nitrogen and oxygen atoms in total. The standard InChI is InChI=1S/C22H30N8O/c1-14-7-5-6-9-30(14)10-8-23-22(31)17-11-19(15(2)24-12-17)27-20-18-13-25-16(3)26-21(18)29(4)28-20/h11-14H,5-10H2,1-4H3,(H,23,31)(H,27,28)/t14-/m1/s1. The topological polar surface area (TPSA) is 101 Å². The van der Waals surface area contributed by atoms with Crippen LogP contribution in [0.5, 0.6) is 0 Å². The van der Waals surface area contributed by atoms with Crippen LogP contribution in [0.25, 0.3) is 11.0 Å². The highest BCUT2D eigenvalue weighted by atomic mass is 16.1. The molecule has 2 N–H and O–H groups in total. The van der Waals surface area contributed by atoms with Crippen LogP contribution in [-0.4, -0.2) is 61.2 Å².